The van der Waals surface area contributed by atoms with E-state index < -0.39 is 26.6 Å². The van der Waals surface area contributed by atoms with Crippen LogP contribution in [-0.2, 0) is 10.0 Å². The van der Waals surface area contributed by atoms with Crippen molar-refractivity contribution in [3.8, 4) is 0 Å². The molecule has 0 aliphatic heterocycles. The molecule has 0 fully saturated rings. The number of sulfonamides is 1. The lowest BCUT2D eigenvalue weighted by atomic mass is 10.2. The van der Waals surface area contributed by atoms with Crippen molar-refractivity contribution in [3.05, 3.63) is 59.7 Å². The summed E-state index contributed by atoms with van der Waals surface area (Å²) < 4.78 is 53.4. The van der Waals surface area contributed by atoms with E-state index in [2.05, 4.69) is 0 Å². The fraction of sp³-hybridized carbons (Fsp3) is 0. The first-order valence-electron chi connectivity index (χ1n) is 5.68. The summed E-state index contributed by atoms with van der Waals surface area (Å²) in [5, 5.41) is 0. The Hall–Kier alpha value is -2.06. The van der Waals surface area contributed by atoms with Gasteiger partial charge in [-0.25, -0.2) is 17.2 Å². The highest BCUT2D eigenvalue weighted by Crippen LogP contribution is 2.21. The van der Waals surface area contributed by atoms with Gasteiger partial charge in [-0.2, -0.15) is 0 Å². The van der Waals surface area contributed by atoms with Crippen LogP contribution in [0.2, 0.25) is 0 Å². The van der Waals surface area contributed by atoms with E-state index >= 15 is 0 Å². The van der Waals surface area contributed by atoms with Crippen LogP contribution < -0.4 is 10.5 Å². The van der Waals surface area contributed by atoms with Gasteiger partial charge in [0.1, 0.15) is 21.5 Å². The van der Waals surface area contributed by atoms with Crippen molar-refractivity contribution >= 4 is 32.9 Å². The van der Waals surface area contributed by atoms with Crippen LogP contribution in [0.3, 0.4) is 0 Å². The molecule has 110 valence electrons. The summed E-state index contributed by atoms with van der Waals surface area (Å²) in [5.74, 6) is -1.79. The van der Waals surface area contributed by atoms with E-state index in [-0.39, 0.29) is 16.2 Å². The second-order valence-electron chi connectivity index (χ2n) is 4.09. The van der Waals surface area contributed by atoms with Crippen LogP contribution in [0.4, 0.5) is 14.5 Å². The highest BCUT2D eigenvalue weighted by molar-refractivity contribution is 7.92. The summed E-state index contributed by atoms with van der Waals surface area (Å²) in [6.45, 7) is 0. The molecule has 0 heterocycles. The number of thiocarbonyl (C=S) groups is 1. The van der Waals surface area contributed by atoms with Crippen molar-refractivity contribution in [1.29, 1.82) is 0 Å². The second kappa shape index (κ2) is 5.74. The van der Waals surface area contributed by atoms with Crippen LogP contribution in [0.25, 0.3) is 0 Å². The molecule has 2 rings (SSSR count). The molecule has 2 aromatic carbocycles. The molecule has 8 heteroatoms. The first kappa shape index (κ1) is 15.3. The van der Waals surface area contributed by atoms with E-state index in [1.54, 1.807) is 0 Å². The van der Waals surface area contributed by atoms with Crippen molar-refractivity contribution in [1.82, 2.24) is 0 Å². The Morgan fingerprint density at radius 2 is 1.76 bits per heavy atom. The number of anilines is 1. The molecule has 21 heavy (non-hydrogen) atoms. The van der Waals surface area contributed by atoms with Crippen LogP contribution >= 0.6 is 12.2 Å². The Kier molecular flexibility index (Phi) is 4.19. The number of hydrogen-bond donors (Lipinski definition) is 2. The predicted molar refractivity (Wildman–Crippen MR) is 79.5 cm³/mol. The monoisotopic (exact) mass is 328 g/mol. The van der Waals surface area contributed by atoms with Gasteiger partial charge < -0.3 is 5.73 Å². The smallest absolute Gasteiger partial charge is 0.264 e. The molecule has 0 radical (unpaired) electrons. The zero-order valence-electron chi connectivity index (χ0n) is 10.5. The molecule has 0 spiro atoms. The molecule has 0 aromatic heterocycles. The zero-order valence-corrected chi connectivity index (χ0v) is 12.1. The molecule has 0 saturated heterocycles. The van der Waals surface area contributed by atoms with E-state index in [1.807, 2.05) is 4.72 Å². The van der Waals surface area contributed by atoms with Crippen molar-refractivity contribution in [2.75, 3.05) is 4.72 Å². The van der Waals surface area contributed by atoms with Gasteiger partial charge in [0.25, 0.3) is 10.0 Å². The van der Waals surface area contributed by atoms with E-state index in [4.69, 9.17) is 18.0 Å². The van der Waals surface area contributed by atoms with Gasteiger partial charge in [-0.15, -0.1) is 0 Å². The third-order valence-corrected chi connectivity index (χ3v) is 4.26. The Labute approximate surface area is 125 Å². The second-order valence-corrected chi connectivity index (χ2v) is 6.19. The summed E-state index contributed by atoms with van der Waals surface area (Å²) >= 11 is 4.69. The molecule has 2 aromatic rings. The van der Waals surface area contributed by atoms with Crippen LogP contribution in [0.1, 0.15) is 5.56 Å². The maximum Gasteiger partial charge on any atom is 0.264 e. The molecule has 3 N–H and O–H groups in total. The first-order chi connectivity index (χ1) is 9.81. The van der Waals surface area contributed by atoms with Crippen molar-refractivity contribution in [3.63, 3.8) is 0 Å². The van der Waals surface area contributed by atoms with Gasteiger partial charge in [0.2, 0.25) is 0 Å². The Morgan fingerprint density at radius 1 is 1.10 bits per heavy atom. The van der Waals surface area contributed by atoms with Gasteiger partial charge in [-0.05, 0) is 30.3 Å². The number of hydrogen-bond acceptors (Lipinski definition) is 3. The Morgan fingerprint density at radius 3 is 2.33 bits per heavy atom. The molecular weight excluding hydrogens is 318 g/mol. The summed E-state index contributed by atoms with van der Waals surface area (Å²) in [7, 11) is -4.23. The fourth-order valence-electron chi connectivity index (χ4n) is 1.61. The minimum atomic E-state index is -4.23. The van der Waals surface area contributed by atoms with Gasteiger partial charge >= 0.3 is 0 Å². The van der Waals surface area contributed by atoms with E-state index in [0.29, 0.717) is 0 Å². The summed E-state index contributed by atoms with van der Waals surface area (Å²) in [5.41, 5.74) is 5.29. The van der Waals surface area contributed by atoms with E-state index in [0.717, 1.165) is 18.2 Å². The van der Waals surface area contributed by atoms with Gasteiger partial charge in [0, 0.05) is 5.56 Å². The van der Waals surface area contributed by atoms with Gasteiger partial charge in [0.05, 0.1) is 5.69 Å². The lowest BCUT2D eigenvalue weighted by Crippen LogP contribution is -2.16. The third-order valence-electron chi connectivity index (χ3n) is 2.62. The molecule has 0 saturated carbocycles. The van der Waals surface area contributed by atoms with Gasteiger partial charge in [0.15, 0.2) is 0 Å². The molecular formula is C13H10F2N2O2S2. The number of benzene rings is 2. The van der Waals surface area contributed by atoms with Crippen molar-refractivity contribution < 1.29 is 17.2 Å². The van der Waals surface area contributed by atoms with E-state index in [9.17, 15) is 17.2 Å². The SMILES string of the molecule is NC(=S)c1ccc(NS(=O)(=O)c2ccccc2F)c(F)c1. The minimum Gasteiger partial charge on any atom is -0.389 e. The molecule has 0 aliphatic carbocycles. The fourth-order valence-corrected chi connectivity index (χ4v) is 2.89. The molecule has 0 bridgehead atoms. The highest BCUT2D eigenvalue weighted by Gasteiger charge is 2.20. The standard InChI is InChI=1S/C13H10F2N2O2S2/c14-9-3-1-2-4-12(9)21(18,19)17-11-6-5-8(13(16)20)7-10(11)15/h1-7,17H,(H2,16,20). The largest absolute Gasteiger partial charge is 0.389 e. The number of halogens is 2. The Balaban J connectivity index is 2.38. The summed E-state index contributed by atoms with van der Waals surface area (Å²) in [4.78, 5) is -0.583. The third kappa shape index (κ3) is 3.34. The van der Waals surface area contributed by atoms with Crippen LogP contribution in [0.5, 0.6) is 0 Å². The van der Waals surface area contributed by atoms with Crippen LogP contribution in [0, 0.1) is 11.6 Å². The van der Waals surface area contributed by atoms with Gasteiger partial charge in [-0.1, -0.05) is 24.4 Å². The first-order valence-corrected chi connectivity index (χ1v) is 7.57. The molecule has 0 atom stereocenters. The summed E-state index contributed by atoms with van der Waals surface area (Å²) in [6.07, 6.45) is 0. The number of nitrogens with one attached hydrogen (secondary N) is 1. The average molecular weight is 328 g/mol. The molecule has 4 nitrogen and oxygen atoms in total. The average Bonchev–Trinajstić information content (AvgIpc) is 2.41. The number of rotatable bonds is 4. The normalized spacial score (nSPS) is 11.1. The van der Waals surface area contributed by atoms with Crippen molar-refractivity contribution in [2.45, 2.75) is 4.90 Å². The van der Waals surface area contributed by atoms with Crippen LogP contribution in [-0.4, -0.2) is 13.4 Å². The van der Waals surface area contributed by atoms with E-state index in [1.165, 1.54) is 24.3 Å². The summed E-state index contributed by atoms with van der Waals surface area (Å²) in [6, 6.07) is 8.34. The Bertz CT molecular complexity index is 808. The number of nitrogens with two attached hydrogens (primary N) is 1. The highest BCUT2D eigenvalue weighted by atomic mass is 32.2. The molecule has 0 unspecified atom stereocenters. The topological polar surface area (TPSA) is 72.2 Å². The minimum absolute atomic E-state index is 0.0163. The van der Waals surface area contributed by atoms with Crippen molar-refractivity contribution in [2.24, 2.45) is 5.73 Å². The lowest BCUT2D eigenvalue weighted by Gasteiger charge is -2.10. The quantitative estimate of drug-likeness (QED) is 0.846. The maximum absolute atomic E-state index is 13.8. The lowest BCUT2D eigenvalue weighted by molar-refractivity contribution is 0.569. The maximum atomic E-state index is 13.8. The van der Waals surface area contributed by atoms with Gasteiger partial charge in [-0.3, -0.25) is 4.72 Å². The molecule has 0 aliphatic rings. The molecule has 0 amide bonds. The predicted octanol–water partition coefficient (Wildman–Crippen LogP) is 2.40. The van der Waals surface area contributed by atoms with Crippen LogP contribution in [0.15, 0.2) is 47.4 Å². The zero-order chi connectivity index (χ0) is 15.6.